The zero-order valence-electron chi connectivity index (χ0n) is 11.0. The van der Waals surface area contributed by atoms with Crippen LogP contribution in [0.15, 0.2) is 18.2 Å². The van der Waals surface area contributed by atoms with E-state index < -0.39 is 0 Å². The molecule has 0 bridgehead atoms. The van der Waals surface area contributed by atoms with Gasteiger partial charge in [0.25, 0.3) is 0 Å². The summed E-state index contributed by atoms with van der Waals surface area (Å²) in [4.78, 5) is 13.7. The number of para-hydroxylation sites is 1. The van der Waals surface area contributed by atoms with Gasteiger partial charge in [-0.15, -0.1) is 0 Å². The maximum atomic E-state index is 11.9. The number of hydrogen-bond acceptors (Lipinski definition) is 2. The van der Waals surface area contributed by atoms with Crippen LogP contribution in [0.4, 0.5) is 5.69 Å². The van der Waals surface area contributed by atoms with Gasteiger partial charge in [-0.25, -0.2) is 0 Å². The molecule has 0 aliphatic rings. The number of benzene rings is 1. The van der Waals surface area contributed by atoms with E-state index in [1.807, 2.05) is 6.92 Å². The van der Waals surface area contributed by atoms with E-state index in [1.54, 1.807) is 4.90 Å². The summed E-state index contributed by atoms with van der Waals surface area (Å²) in [5.74, 6) is -0.0110. The van der Waals surface area contributed by atoms with E-state index in [0.717, 1.165) is 18.5 Å². The summed E-state index contributed by atoms with van der Waals surface area (Å²) < 4.78 is 0. The number of nitrogens with zero attached hydrogens (tertiary/aromatic N) is 1. The van der Waals surface area contributed by atoms with Crippen LogP contribution in [-0.2, 0) is 17.6 Å². The predicted molar refractivity (Wildman–Crippen MR) is 72.3 cm³/mol. The highest BCUT2D eigenvalue weighted by atomic mass is 16.2. The van der Waals surface area contributed by atoms with Gasteiger partial charge in [-0.2, -0.15) is 0 Å². The van der Waals surface area contributed by atoms with E-state index in [-0.39, 0.29) is 12.5 Å². The Morgan fingerprint density at radius 2 is 1.71 bits per heavy atom. The molecule has 17 heavy (non-hydrogen) atoms. The first-order valence-electron chi connectivity index (χ1n) is 6.30. The monoisotopic (exact) mass is 234 g/mol. The van der Waals surface area contributed by atoms with Crippen molar-refractivity contribution in [3.05, 3.63) is 29.3 Å². The van der Waals surface area contributed by atoms with Gasteiger partial charge in [-0.05, 0) is 30.9 Å². The molecule has 0 saturated carbocycles. The number of carbonyl (C=O) groups is 1. The lowest BCUT2D eigenvalue weighted by Gasteiger charge is -2.26. The average molecular weight is 234 g/mol. The largest absolute Gasteiger partial charge is 0.322 e. The third-order valence-corrected chi connectivity index (χ3v) is 3.03. The number of hydrogen-bond donors (Lipinski definition) is 1. The van der Waals surface area contributed by atoms with Crippen molar-refractivity contribution in [2.45, 2.75) is 33.6 Å². The minimum Gasteiger partial charge on any atom is -0.322 e. The molecule has 1 aromatic carbocycles. The Bertz CT molecular complexity index is 366. The second-order valence-electron chi connectivity index (χ2n) is 3.97. The third-order valence-electron chi connectivity index (χ3n) is 3.03. The zero-order chi connectivity index (χ0) is 12.8. The number of nitrogens with two attached hydrogens (primary N) is 1. The molecule has 0 unspecified atom stereocenters. The average Bonchev–Trinajstić information content (AvgIpc) is 2.39. The van der Waals surface area contributed by atoms with Gasteiger partial charge in [-0.1, -0.05) is 32.0 Å². The van der Waals surface area contributed by atoms with Gasteiger partial charge in [0, 0.05) is 12.2 Å². The van der Waals surface area contributed by atoms with Crippen LogP contribution in [-0.4, -0.2) is 19.0 Å². The maximum Gasteiger partial charge on any atom is 0.240 e. The molecule has 1 aromatic rings. The molecule has 0 heterocycles. The van der Waals surface area contributed by atoms with E-state index in [1.165, 1.54) is 11.1 Å². The van der Waals surface area contributed by atoms with Crippen LogP contribution in [0, 0.1) is 0 Å². The Labute approximate surface area is 104 Å². The van der Waals surface area contributed by atoms with Crippen LogP contribution in [0.25, 0.3) is 0 Å². The van der Waals surface area contributed by atoms with Crippen molar-refractivity contribution in [3.8, 4) is 0 Å². The molecule has 1 amide bonds. The van der Waals surface area contributed by atoms with Gasteiger partial charge in [-0.3, -0.25) is 4.79 Å². The summed E-state index contributed by atoms with van der Waals surface area (Å²) in [6.07, 6.45) is 1.86. The van der Waals surface area contributed by atoms with Gasteiger partial charge >= 0.3 is 0 Å². The lowest BCUT2D eigenvalue weighted by atomic mass is 10.0. The fraction of sp³-hybridized carbons (Fsp3) is 0.500. The van der Waals surface area contributed by atoms with Crippen molar-refractivity contribution in [1.82, 2.24) is 0 Å². The number of amides is 1. The van der Waals surface area contributed by atoms with E-state index in [4.69, 9.17) is 5.73 Å². The summed E-state index contributed by atoms with van der Waals surface area (Å²) in [6.45, 7) is 6.94. The molecule has 2 N–H and O–H groups in total. The van der Waals surface area contributed by atoms with Crippen LogP contribution in [0.1, 0.15) is 31.9 Å². The minimum absolute atomic E-state index is 0.0110. The molecule has 94 valence electrons. The molecule has 3 heteroatoms. The van der Waals surface area contributed by atoms with Gasteiger partial charge in [0.05, 0.1) is 6.54 Å². The Kier molecular flexibility index (Phi) is 5.16. The molecule has 3 nitrogen and oxygen atoms in total. The van der Waals surface area contributed by atoms with E-state index in [2.05, 4.69) is 32.0 Å². The molecule has 0 spiro atoms. The minimum atomic E-state index is -0.0110. The van der Waals surface area contributed by atoms with Crippen LogP contribution in [0.2, 0.25) is 0 Å². The molecule has 0 fully saturated rings. The quantitative estimate of drug-likeness (QED) is 0.848. The smallest absolute Gasteiger partial charge is 0.240 e. The van der Waals surface area contributed by atoms with E-state index >= 15 is 0 Å². The SMILES string of the molecule is CCc1cccc(CC)c1N(CC)C(=O)CN. The molecular formula is C14H22N2O. The van der Waals surface area contributed by atoms with Crippen molar-refractivity contribution in [1.29, 1.82) is 0 Å². The molecular weight excluding hydrogens is 212 g/mol. The fourth-order valence-electron chi connectivity index (χ4n) is 2.13. The maximum absolute atomic E-state index is 11.9. The van der Waals surface area contributed by atoms with E-state index in [9.17, 15) is 4.79 Å². The second-order valence-corrected chi connectivity index (χ2v) is 3.97. The van der Waals surface area contributed by atoms with Crippen molar-refractivity contribution in [3.63, 3.8) is 0 Å². The normalized spacial score (nSPS) is 10.4. The van der Waals surface area contributed by atoms with Crippen LogP contribution in [0.3, 0.4) is 0 Å². The predicted octanol–water partition coefficient (Wildman–Crippen LogP) is 2.12. The van der Waals surface area contributed by atoms with Crippen molar-refractivity contribution >= 4 is 11.6 Å². The Morgan fingerprint density at radius 3 is 2.06 bits per heavy atom. The Hall–Kier alpha value is -1.35. The standard InChI is InChI=1S/C14H22N2O/c1-4-11-8-7-9-12(5-2)14(11)16(6-3)13(17)10-15/h7-9H,4-6,10,15H2,1-3H3. The number of likely N-dealkylation sites (N-methyl/N-ethyl adjacent to an activating group) is 1. The summed E-state index contributed by atoms with van der Waals surface area (Å²) in [7, 11) is 0. The van der Waals surface area contributed by atoms with Crippen LogP contribution >= 0.6 is 0 Å². The second kappa shape index (κ2) is 6.40. The van der Waals surface area contributed by atoms with Gasteiger partial charge < -0.3 is 10.6 Å². The van der Waals surface area contributed by atoms with Gasteiger partial charge in [0.2, 0.25) is 5.91 Å². The van der Waals surface area contributed by atoms with Crippen molar-refractivity contribution < 1.29 is 4.79 Å². The van der Waals surface area contributed by atoms with Crippen molar-refractivity contribution in [2.24, 2.45) is 5.73 Å². The fourth-order valence-corrected chi connectivity index (χ4v) is 2.13. The first-order valence-corrected chi connectivity index (χ1v) is 6.30. The molecule has 0 aliphatic carbocycles. The highest BCUT2D eigenvalue weighted by Gasteiger charge is 2.17. The number of rotatable bonds is 5. The summed E-state index contributed by atoms with van der Waals surface area (Å²) in [6, 6.07) is 6.23. The first-order chi connectivity index (χ1) is 8.19. The first kappa shape index (κ1) is 13.7. The highest BCUT2D eigenvalue weighted by molar-refractivity contribution is 5.96. The van der Waals surface area contributed by atoms with Crippen LogP contribution in [0.5, 0.6) is 0 Å². The van der Waals surface area contributed by atoms with Crippen LogP contribution < -0.4 is 10.6 Å². The third kappa shape index (κ3) is 2.86. The number of aryl methyl sites for hydroxylation is 2. The molecule has 0 radical (unpaired) electrons. The zero-order valence-corrected chi connectivity index (χ0v) is 11.0. The Balaban J connectivity index is 3.29. The molecule has 0 aromatic heterocycles. The Morgan fingerprint density at radius 1 is 1.18 bits per heavy atom. The molecule has 0 atom stereocenters. The summed E-state index contributed by atoms with van der Waals surface area (Å²) >= 11 is 0. The lowest BCUT2D eigenvalue weighted by molar-refractivity contribution is -0.117. The van der Waals surface area contributed by atoms with E-state index in [0.29, 0.717) is 6.54 Å². The number of anilines is 1. The van der Waals surface area contributed by atoms with Gasteiger partial charge in [0.15, 0.2) is 0 Å². The molecule has 0 saturated heterocycles. The molecule has 0 aliphatic heterocycles. The topological polar surface area (TPSA) is 46.3 Å². The van der Waals surface area contributed by atoms with Crippen molar-refractivity contribution in [2.75, 3.05) is 18.0 Å². The summed E-state index contributed by atoms with van der Waals surface area (Å²) in [5.41, 5.74) is 8.97. The van der Waals surface area contributed by atoms with Gasteiger partial charge in [0.1, 0.15) is 0 Å². The summed E-state index contributed by atoms with van der Waals surface area (Å²) in [5, 5.41) is 0. The highest BCUT2D eigenvalue weighted by Crippen LogP contribution is 2.26. The number of carbonyl (C=O) groups excluding carboxylic acids is 1. The molecule has 1 rings (SSSR count). The lowest BCUT2D eigenvalue weighted by Crippen LogP contribution is -2.37.